The van der Waals surface area contributed by atoms with E-state index in [0.29, 0.717) is 5.76 Å². The molecule has 3 aromatic rings. The molecule has 0 aliphatic carbocycles. The van der Waals surface area contributed by atoms with Crippen LogP contribution in [0.4, 0.5) is 9.39 Å². The Hall–Kier alpha value is -2.44. The summed E-state index contributed by atoms with van der Waals surface area (Å²) in [4.78, 5) is 15.3. The topological polar surface area (TPSA) is 46.7 Å². The first-order chi connectivity index (χ1) is 14.0. The Labute approximate surface area is 174 Å². The van der Waals surface area contributed by atoms with Crippen molar-refractivity contribution < 1.29 is 18.5 Å². The van der Waals surface area contributed by atoms with Gasteiger partial charge in [0.05, 0.1) is 24.9 Å². The SMILES string of the molecule is Cc1sc(NC(=O)c2ccco2)c(C(c2ccc(F)cc2)[NH+]2CCCCC2)c1C. The molecule has 29 heavy (non-hydrogen) atoms. The number of nitrogens with one attached hydrogen (secondary N) is 2. The number of anilines is 1. The van der Waals surface area contributed by atoms with Gasteiger partial charge in [0.2, 0.25) is 0 Å². The Kier molecular flexibility index (Phi) is 5.83. The van der Waals surface area contributed by atoms with Gasteiger partial charge in [0.15, 0.2) is 5.76 Å². The van der Waals surface area contributed by atoms with Gasteiger partial charge in [-0.2, -0.15) is 0 Å². The Morgan fingerprint density at radius 2 is 1.86 bits per heavy atom. The lowest BCUT2D eigenvalue weighted by atomic mass is 9.93. The minimum atomic E-state index is -0.246. The fraction of sp³-hybridized carbons (Fsp3) is 0.348. The van der Waals surface area contributed by atoms with Gasteiger partial charge in [-0.05, 0) is 75.1 Å². The number of quaternary nitrogens is 1. The van der Waals surface area contributed by atoms with Crippen molar-refractivity contribution in [3.05, 3.63) is 75.8 Å². The van der Waals surface area contributed by atoms with E-state index in [1.54, 1.807) is 23.5 Å². The van der Waals surface area contributed by atoms with Crippen LogP contribution in [0.15, 0.2) is 47.1 Å². The van der Waals surface area contributed by atoms with E-state index in [2.05, 4.69) is 19.2 Å². The Bertz CT molecular complexity index is 973. The van der Waals surface area contributed by atoms with Crippen LogP contribution < -0.4 is 10.2 Å². The van der Waals surface area contributed by atoms with Crippen molar-refractivity contribution in [3.63, 3.8) is 0 Å². The third kappa shape index (κ3) is 4.14. The highest BCUT2D eigenvalue weighted by Gasteiger charge is 2.33. The molecule has 1 fully saturated rings. The molecule has 3 heterocycles. The quantitative estimate of drug-likeness (QED) is 0.647. The number of amides is 1. The Morgan fingerprint density at radius 3 is 2.52 bits per heavy atom. The van der Waals surface area contributed by atoms with Gasteiger partial charge in [0, 0.05) is 10.4 Å². The van der Waals surface area contributed by atoms with Crippen LogP contribution in [0.1, 0.15) is 57.4 Å². The van der Waals surface area contributed by atoms with Crippen LogP contribution in [0.25, 0.3) is 0 Å². The predicted octanol–water partition coefficient (Wildman–Crippen LogP) is 4.51. The molecular weight excluding hydrogens is 387 g/mol. The molecule has 4 nitrogen and oxygen atoms in total. The van der Waals surface area contributed by atoms with Crippen LogP contribution in [0.5, 0.6) is 0 Å². The fourth-order valence-corrected chi connectivity index (χ4v) is 5.31. The zero-order valence-corrected chi connectivity index (χ0v) is 17.6. The molecule has 1 aliphatic rings. The number of rotatable bonds is 5. The number of furan rings is 1. The number of hydrogen-bond donors (Lipinski definition) is 2. The molecule has 1 amide bonds. The van der Waals surface area contributed by atoms with Crippen molar-refractivity contribution in [1.82, 2.24) is 0 Å². The molecule has 0 saturated carbocycles. The molecule has 0 bridgehead atoms. The van der Waals surface area contributed by atoms with E-state index in [1.807, 2.05) is 12.1 Å². The molecule has 1 atom stereocenters. The fourth-order valence-electron chi connectivity index (χ4n) is 4.21. The van der Waals surface area contributed by atoms with Crippen molar-refractivity contribution in [2.45, 2.75) is 39.2 Å². The van der Waals surface area contributed by atoms with Crippen molar-refractivity contribution in [2.75, 3.05) is 18.4 Å². The number of piperidine rings is 1. The van der Waals surface area contributed by atoms with Gasteiger partial charge in [0.1, 0.15) is 16.9 Å². The zero-order valence-electron chi connectivity index (χ0n) is 16.8. The van der Waals surface area contributed by atoms with Gasteiger partial charge >= 0.3 is 0 Å². The highest BCUT2D eigenvalue weighted by Crippen LogP contribution is 2.38. The van der Waals surface area contributed by atoms with Crippen LogP contribution in [0.3, 0.4) is 0 Å². The Morgan fingerprint density at radius 1 is 1.14 bits per heavy atom. The monoisotopic (exact) mass is 413 g/mol. The molecular formula is C23H26FN2O2S+. The summed E-state index contributed by atoms with van der Waals surface area (Å²) in [5.74, 6) is -0.182. The second-order valence-electron chi connectivity index (χ2n) is 7.66. The summed E-state index contributed by atoms with van der Waals surface area (Å²) in [7, 11) is 0. The lowest BCUT2D eigenvalue weighted by Gasteiger charge is -2.32. The number of aryl methyl sites for hydroxylation is 1. The first kappa shape index (κ1) is 19.9. The van der Waals surface area contributed by atoms with E-state index in [4.69, 9.17) is 4.42 Å². The third-order valence-electron chi connectivity index (χ3n) is 5.80. The predicted molar refractivity (Wildman–Crippen MR) is 113 cm³/mol. The van der Waals surface area contributed by atoms with E-state index in [1.165, 1.54) is 53.0 Å². The number of likely N-dealkylation sites (tertiary alicyclic amines) is 1. The minimum absolute atomic E-state index is 0.0627. The summed E-state index contributed by atoms with van der Waals surface area (Å²) in [5, 5.41) is 3.93. The Balaban J connectivity index is 1.77. The molecule has 1 aliphatic heterocycles. The van der Waals surface area contributed by atoms with Gasteiger partial charge < -0.3 is 14.6 Å². The maximum atomic E-state index is 13.6. The number of hydrogen-bond acceptors (Lipinski definition) is 3. The highest BCUT2D eigenvalue weighted by atomic mass is 32.1. The number of halogens is 1. The van der Waals surface area contributed by atoms with E-state index in [9.17, 15) is 9.18 Å². The van der Waals surface area contributed by atoms with E-state index in [0.717, 1.165) is 29.2 Å². The summed E-state index contributed by atoms with van der Waals surface area (Å²) >= 11 is 1.60. The zero-order chi connectivity index (χ0) is 20.4. The maximum absolute atomic E-state index is 13.6. The molecule has 2 aromatic heterocycles. The lowest BCUT2D eigenvalue weighted by molar-refractivity contribution is -0.930. The third-order valence-corrected chi connectivity index (χ3v) is 6.94. The first-order valence-corrected chi connectivity index (χ1v) is 10.9. The van der Waals surface area contributed by atoms with Gasteiger partial charge in [-0.25, -0.2) is 4.39 Å². The summed E-state index contributed by atoms with van der Waals surface area (Å²) in [6.07, 6.45) is 5.12. The van der Waals surface area contributed by atoms with Crippen molar-refractivity contribution in [3.8, 4) is 0 Å². The number of thiophene rings is 1. The lowest BCUT2D eigenvalue weighted by Crippen LogP contribution is -3.13. The second-order valence-corrected chi connectivity index (χ2v) is 8.89. The standard InChI is InChI=1S/C23H25FN2O2S/c1-15-16(2)29-23(25-22(27)19-7-6-14-28-19)20(15)21(26-12-4-3-5-13-26)17-8-10-18(24)11-9-17/h6-11,14,21H,3-5,12-13H2,1-2H3,(H,25,27)/p+1. The second kappa shape index (κ2) is 8.51. The van der Waals surface area contributed by atoms with Gasteiger partial charge in [0.25, 0.3) is 5.91 Å². The van der Waals surface area contributed by atoms with Gasteiger partial charge in [-0.3, -0.25) is 4.79 Å². The molecule has 1 aromatic carbocycles. The van der Waals surface area contributed by atoms with E-state index < -0.39 is 0 Å². The molecule has 0 spiro atoms. The summed E-state index contributed by atoms with van der Waals surface area (Å²) < 4.78 is 18.9. The first-order valence-electron chi connectivity index (χ1n) is 10.1. The number of carbonyl (C=O) groups excluding carboxylic acids is 1. The van der Waals surface area contributed by atoms with Crippen molar-refractivity contribution in [2.24, 2.45) is 0 Å². The molecule has 0 radical (unpaired) electrons. The maximum Gasteiger partial charge on any atom is 0.291 e. The summed E-state index contributed by atoms with van der Waals surface area (Å²) in [5.41, 5.74) is 3.41. The van der Waals surface area contributed by atoms with Crippen LogP contribution >= 0.6 is 11.3 Å². The van der Waals surface area contributed by atoms with Gasteiger partial charge in [-0.15, -0.1) is 11.3 Å². The number of benzene rings is 1. The average molecular weight is 414 g/mol. The largest absolute Gasteiger partial charge is 0.459 e. The molecule has 4 rings (SSSR count). The molecule has 6 heteroatoms. The van der Waals surface area contributed by atoms with Crippen molar-refractivity contribution >= 4 is 22.2 Å². The van der Waals surface area contributed by atoms with Gasteiger partial charge in [-0.1, -0.05) is 0 Å². The van der Waals surface area contributed by atoms with Crippen LogP contribution in [0.2, 0.25) is 0 Å². The molecule has 2 N–H and O–H groups in total. The van der Waals surface area contributed by atoms with Crippen molar-refractivity contribution in [1.29, 1.82) is 0 Å². The summed E-state index contributed by atoms with van der Waals surface area (Å²) in [6, 6.07) is 10.3. The van der Waals surface area contributed by atoms with Crippen LogP contribution in [-0.4, -0.2) is 19.0 Å². The normalized spacial score (nSPS) is 16.0. The van der Waals surface area contributed by atoms with Crippen LogP contribution in [0, 0.1) is 19.7 Å². The highest BCUT2D eigenvalue weighted by molar-refractivity contribution is 7.16. The summed E-state index contributed by atoms with van der Waals surface area (Å²) in [6.45, 7) is 6.34. The van der Waals surface area contributed by atoms with E-state index in [-0.39, 0.29) is 17.8 Å². The van der Waals surface area contributed by atoms with E-state index >= 15 is 0 Å². The molecule has 1 unspecified atom stereocenters. The smallest absolute Gasteiger partial charge is 0.291 e. The minimum Gasteiger partial charge on any atom is -0.459 e. The average Bonchev–Trinajstić information content (AvgIpc) is 3.35. The van der Waals surface area contributed by atoms with Crippen LogP contribution in [-0.2, 0) is 0 Å². The molecule has 152 valence electrons. The molecule has 1 saturated heterocycles. The number of carbonyl (C=O) groups is 1.